The lowest BCUT2D eigenvalue weighted by molar-refractivity contribution is 0.131. The number of halogens is 1. The first-order chi connectivity index (χ1) is 8.70. The van der Waals surface area contributed by atoms with E-state index in [9.17, 15) is 4.39 Å². The molecule has 1 aromatic rings. The minimum absolute atomic E-state index is 0.197. The normalized spacial score (nSPS) is 19.9. The van der Waals surface area contributed by atoms with E-state index in [2.05, 4.69) is 16.7 Å². The molecule has 1 fully saturated rings. The first kappa shape index (κ1) is 13.5. The van der Waals surface area contributed by atoms with Crippen molar-refractivity contribution in [2.45, 2.75) is 13.0 Å². The van der Waals surface area contributed by atoms with Crippen LogP contribution in [0.1, 0.15) is 18.5 Å². The molecule has 1 aromatic carbocycles. The minimum Gasteiger partial charge on any atom is -0.323 e. The third-order valence-corrected chi connectivity index (χ3v) is 3.67. The van der Waals surface area contributed by atoms with E-state index >= 15 is 0 Å². The topological polar surface area (TPSA) is 32.5 Å². The van der Waals surface area contributed by atoms with Crippen molar-refractivity contribution in [2.75, 3.05) is 39.3 Å². The van der Waals surface area contributed by atoms with Crippen LogP contribution in [0.3, 0.4) is 0 Å². The Bertz CT molecular complexity index is 375. The Kier molecular flexibility index (Phi) is 4.69. The maximum Gasteiger partial charge on any atom is 0.128 e. The number of nitrogens with zero attached hydrogens (tertiary/aromatic N) is 2. The van der Waals surface area contributed by atoms with Crippen molar-refractivity contribution < 1.29 is 4.39 Å². The maximum absolute atomic E-state index is 13.6. The van der Waals surface area contributed by atoms with Crippen LogP contribution < -0.4 is 5.73 Å². The zero-order valence-corrected chi connectivity index (χ0v) is 11.0. The van der Waals surface area contributed by atoms with Crippen LogP contribution in [-0.2, 0) is 0 Å². The first-order valence-corrected chi connectivity index (χ1v) is 6.65. The van der Waals surface area contributed by atoms with Crippen LogP contribution in [0.5, 0.6) is 0 Å². The molecular weight excluding hydrogens is 229 g/mol. The van der Waals surface area contributed by atoms with Crippen LogP contribution >= 0.6 is 0 Å². The molecule has 1 saturated heterocycles. The fraction of sp³-hybridized carbons (Fsp3) is 0.571. The van der Waals surface area contributed by atoms with E-state index in [1.165, 1.54) is 6.07 Å². The van der Waals surface area contributed by atoms with Gasteiger partial charge in [-0.3, -0.25) is 4.90 Å². The molecule has 1 heterocycles. The molecule has 1 aliphatic heterocycles. The van der Waals surface area contributed by atoms with Crippen molar-refractivity contribution in [1.29, 1.82) is 0 Å². The van der Waals surface area contributed by atoms with Gasteiger partial charge in [-0.05, 0) is 12.6 Å². The number of benzene rings is 1. The first-order valence-electron chi connectivity index (χ1n) is 6.65. The third kappa shape index (κ3) is 3.28. The number of hydrogen-bond acceptors (Lipinski definition) is 3. The van der Waals surface area contributed by atoms with E-state index in [1.54, 1.807) is 12.1 Å². The number of nitrogens with two attached hydrogens (primary N) is 1. The molecule has 18 heavy (non-hydrogen) atoms. The van der Waals surface area contributed by atoms with Gasteiger partial charge in [0.15, 0.2) is 0 Å². The summed E-state index contributed by atoms with van der Waals surface area (Å²) in [5.41, 5.74) is 6.72. The fourth-order valence-corrected chi connectivity index (χ4v) is 2.44. The zero-order chi connectivity index (χ0) is 13.0. The summed E-state index contributed by atoms with van der Waals surface area (Å²) in [4.78, 5) is 4.74. The SMILES string of the molecule is CCN1CCN(CC(N)c2ccccc2F)CC1. The van der Waals surface area contributed by atoms with E-state index in [-0.39, 0.29) is 11.9 Å². The van der Waals surface area contributed by atoms with E-state index in [0.717, 1.165) is 39.3 Å². The fourth-order valence-electron chi connectivity index (χ4n) is 2.44. The third-order valence-electron chi connectivity index (χ3n) is 3.67. The van der Waals surface area contributed by atoms with E-state index in [1.807, 2.05) is 6.07 Å². The van der Waals surface area contributed by atoms with Gasteiger partial charge in [-0.25, -0.2) is 4.39 Å². The molecule has 2 N–H and O–H groups in total. The standard InChI is InChI=1S/C14H22FN3/c1-2-17-7-9-18(10-8-17)11-14(16)12-5-3-4-6-13(12)15/h3-6,14H,2,7-11,16H2,1H3. The molecule has 0 saturated carbocycles. The van der Waals surface area contributed by atoms with Gasteiger partial charge in [0.05, 0.1) is 0 Å². The van der Waals surface area contributed by atoms with Gasteiger partial charge in [-0.2, -0.15) is 0 Å². The molecule has 1 atom stereocenters. The quantitative estimate of drug-likeness (QED) is 0.879. The monoisotopic (exact) mass is 251 g/mol. The second kappa shape index (κ2) is 6.27. The average molecular weight is 251 g/mol. The summed E-state index contributed by atoms with van der Waals surface area (Å²) in [5, 5.41) is 0. The highest BCUT2D eigenvalue weighted by Gasteiger charge is 2.19. The predicted molar refractivity (Wildman–Crippen MR) is 71.9 cm³/mol. The lowest BCUT2D eigenvalue weighted by Gasteiger charge is -2.35. The number of likely N-dealkylation sites (N-methyl/N-ethyl adjacent to an activating group) is 1. The molecule has 2 rings (SSSR count). The Morgan fingerprint density at radius 2 is 1.78 bits per heavy atom. The Morgan fingerprint density at radius 3 is 2.39 bits per heavy atom. The summed E-state index contributed by atoms with van der Waals surface area (Å²) in [6, 6.07) is 6.56. The van der Waals surface area contributed by atoms with Crippen LogP contribution in [0, 0.1) is 5.82 Å². The van der Waals surface area contributed by atoms with Gasteiger partial charge >= 0.3 is 0 Å². The molecule has 0 aliphatic carbocycles. The van der Waals surface area contributed by atoms with Gasteiger partial charge in [-0.15, -0.1) is 0 Å². The van der Waals surface area contributed by atoms with Crippen molar-refractivity contribution >= 4 is 0 Å². The minimum atomic E-state index is -0.237. The lowest BCUT2D eigenvalue weighted by atomic mass is 10.1. The highest BCUT2D eigenvalue weighted by Crippen LogP contribution is 2.16. The van der Waals surface area contributed by atoms with Gasteiger partial charge in [-0.1, -0.05) is 25.1 Å². The van der Waals surface area contributed by atoms with Crippen LogP contribution in [0.25, 0.3) is 0 Å². The second-order valence-corrected chi connectivity index (χ2v) is 4.86. The van der Waals surface area contributed by atoms with Crippen molar-refractivity contribution in [3.05, 3.63) is 35.6 Å². The summed E-state index contributed by atoms with van der Waals surface area (Å²) in [6.07, 6.45) is 0. The molecule has 0 spiro atoms. The van der Waals surface area contributed by atoms with Crippen molar-refractivity contribution in [3.8, 4) is 0 Å². The van der Waals surface area contributed by atoms with E-state index < -0.39 is 0 Å². The molecule has 0 aromatic heterocycles. The van der Waals surface area contributed by atoms with Gasteiger partial charge in [0, 0.05) is 44.3 Å². The Labute approximate surface area is 108 Å². The zero-order valence-electron chi connectivity index (χ0n) is 11.0. The second-order valence-electron chi connectivity index (χ2n) is 4.86. The van der Waals surface area contributed by atoms with Gasteiger partial charge in [0.1, 0.15) is 5.82 Å². The molecule has 100 valence electrons. The van der Waals surface area contributed by atoms with Crippen molar-refractivity contribution in [2.24, 2.45) is 5.73 Å². The molecule has 1 aliphatic rings. The number of hydrogen-bond donors (Lipinski definition) is 1. The average Bonchev–Trinajstić information content (AvgIpc) is 2.40. The van der Waals surface area contributed by atoms with Crippen LogP contribution in [0.15, 0.2) is 24.3 Å². The maximum atomic E-state index is 13.6. The highest BCUT2D eigenvalue weighted by atomic mass is 19.1. The summed E-state index contributed by atoms with van der Waals surface area (Å²) >= 11 is 0. The molecule has 3 nitrogen and oxygen atoms in total. The molecule has 0 radical (unpaired) electrons. The van der Waals surface area contributed by atoms with E-state index in [4.69, 9.17) is 5.73 Å². The highest BCUT2D eigenvalue weighted by molar-refractivity contribution is 5.21. The number of rotatable bonds is 4. The summed E-state index contributed by atoms with van der Waals surface area (Å²) in [5.74, 6) is -0.197. The van der Waals surface area contributed by atoms with Gasteiger partial charge in [0.2, 0.25) is 0 Å². The Hall–Kier alpha value is -0.970. The molecule has 4 heteroatoms. The van der Waals surface area contributed by atoms with Gasteiger partial charge < -0.3 is 10.6 Å². The Morgan fingerprint density at radius 1 is 1.17 bits per heavy atom. The lowest BCUT2D eigenvalue weighted by Crippen LogP contribution is -2.48. The largest absolute Gasteiger partial charge is 0.323 e. The smallest absolute Gasteiger partial charge is 0.128 e. The van der Waals surface area contributed by atoms with Crippen LogP contribution in [-0.4, -0.2) is 49.1 Å². The van der Waals surface area contributed by atoms with Gasteiger partial charge in [0.25, 0.3) is 0 Å². The van der Waals surface area contributed by atoms with Crippen molar-refractivity contribution in [1.82, 2.24) is 9.80 Å². The number of piperazine rings is 1. The molecule has 0 amide bonds. The van der Waals surface area contributed by atoms with Crippen molar-refractivity contribution in [3.63, 3.8) is 0 Å². The van der Waals surface area contributed by atoms with Crippen LogP contribution in [0.4, 0.5) is 4.39 Å². The molecular formula is C14H22FN3. The summed E-state index contributed by atoms with van der Waals surface area (Å²) in [6.45, 7) is 8.24. The predicted octanol–water partition coefficient (Wildman–Crippen LogP) is 1.46. The molecule has 0 bridgehead atoms. The van der Waals surface area contributed by atoms with Crippen LogP contribution in [0.2, 0.25) is 0 Å². The summed E-state index contributed by atoms with van der Waals surface area (Å²) < 4.78 is 13.6. The summed E-state index contributed by atoms with van der Waals surface area (Å²) in [7, 11) is 0. The molecule has 1 unspecified atom stereocenters. The van der Waals surface area contributed by atoms with E-state index in [0.29, 0.717) is 5.56 Å². The Balaban J connectivity index is 1.89.